The van der Waals surface area contributed by atoms with Crippen molar-refractivity contribution >= 4 is 24.4 Å². The number of amides is 1. The van der Waals surface area contributed by atoms with E-state index in [1.54, 1.807) is 36.4 Å². The number of benzene rings is 2. The molecule has 4 rings (SSSR count). The van der Waals surface area contributed by atoms with E-state index in [-0.39, 0.29) is 0 Å². The van der Waals surface area contributed by atoms with Gasteiger partial charge in [0.1, 0.15) is 18.2 Å². The topological polar surface area (TPSA) is 73.1 Å². The van der Waals surface area contributed by atoms with Crippen molar-refractivity contribution in [3.63, 3.8) is 0 Å². The van der Waals surface area contributed by atoms with Crippen LogP contribution in [-0.2, 0) is 11.3 Å². The van der Waals surface area contributed by atoms with Gasteiger partial charge in [0.2, 0.25) is 0 Å². The van der Waals surface area contributed by atoms with Crippen molar-refractivity contribution < 1.29 is 13.9 Å². The summed E-state index contributed by atoms with van der Waals surface area (Å²) in [4.78, 5) is 14.3. The number of rotatable bonds is 4. The predicted molar refractivity (Wildman–Crippen MR) is 94.5 cm³/mol. The van der Waals surface area contributed by atoms with Crippen LogP contribution in [0, 0.1) is 5.82 Å². The largest absolute Gasteiger partial charge is 0.442 e. The Bertz CT molecular complexity index is 933. The van der Waals surface area contributed by atoms with Crippen LogP contribution >= 0.6 is 12.6 Å². The maximum absolute atomic E-state index is 14.6. The number of cyclic esters (lactones) is 1. The van der Waals surface area contributed by atoms with E-state index in [4.69, 9.17) is 4.74 Å². The molecule has 1 aliphatic heterocycles. The molecular weight excluding hydrogens is 357 g/mol. The fraction of sp³-hybridized carbons (Fsp3) is 0.176. The van der Waals surface area contributed by atoms with Crippen molar-refractivity contribution in [1.82, 2.24) is 20.2 Å². The molecule has 0 saturated carbocycles. The number of carbonyl (C=O) groups excluding carboxylic acids is 1. The van der Waals surface area contributed by atoms with Crippen LogP contribution in [0.3, 0.4) is 0 Å². The highest BCUT2D eigenvalue weighted by Crippen LogP contribution is 2.29. The molecule has 1 atom stereocenters. The van der Waals surface area contributed by atoms with Gasteiger partial charge in [-0.15, -0.1) is 17.7 Å². The van der Waals surface area contributed by atoms with Crippen LogP contribution < -0.4 is 4.90 Å². The van der Waals surface area contributed by atoms with Gasteiger partial charge in [-0.2, -0.15) is 0 Å². The standard InChI is InChI=1S/C17H14FN5O2S/c18-16-7-12(3-6-15(16)11-1-4-14(26)5-2-11)23-9-13(25-17(23)24)8-22-10-19-20-21-22/h1-7,10,13,26H,8-9H2/t13-/m0/s1. The number of thiol groups is 1. The summed E-state index contributed by atoms with van der Waals surface area (Å²) in [5.41, 5.74) is 1.65. The summed E-state index contributed by atoms with van der Waals surface area (Å²) >= 11 is 4.23. The number of aromatic nitrogens is 4. The minimum Gasteiger partial charge on any atom is -0.442 e. The molecule has 0 spiro atoms. The summed E-state index contributed by atoms with van der Waals surface area (Å²) in [6.07, 6.45) is 0.521. The zero-order valence-electron chi connectivity index (χ0n) is 13.5. The van der Waals surface area contributed by atoms with Gasteiger partial charge in [-0.1, -0.05) is 12.1 Å². The van der Waals surface area contributed by atoms with Crippen molar-refractivity contribution in [2.45, 2.75) is 17.5 Å². The van der Waals surface area contributed by atoms with Gasteiger partial charge in [-0.05, 0) is 46.3 Å². The molecule has 1 fully saturated rings. The lowest BCUT2D eigenvalue weighted by molar-refractivity contribution is 0.129. The van der Waals surface area contributed by atoms with Crippen molar-refractivity contribution in [3.8, 4) is 11.1 Å². The average molecular weight is 371 g/mol. The average Bonchev–Trinajstić information content (AvgIpc) is 3.26. The van der Waals surface area contributed by atoms with E-state index in [0.29, 0.717) is 24.3 Å². The quantitative estimate of drug-likeness (QED) is 0.714. The van der Waals surface area contributed by atoms with Gasteiger partial charge in [0.15, 0.2) is 0 Å². The monoisotopic (exact) mass is 371 g/mol. The Balaban J connectivity index is 1.53. The van der Waals surface area contributed by atoms with E-state index in [2.05, 4.69) is 28.2 Å². The van der Waals surface area contributed by atoms with Gasteiger partial charge < -0.3 is 4.74 Å². The second-order valence-electron chi connectivity index (χ2n) is 5.86. The Hall–Kier alpha value is -2.94. The highest BCUT2D eigenvalue weighted by molar-refractivity contribution is 7.80. The highest BCUT2D eigenvalue weighted by atomic mass is 32.1. The number of halogens is 1. The van der Waals surface area contributed by atoms with Gasteiger partial charge in [0, 0.05) is 10.5 Å². The second kappa shape index (κ2) is 6.75. The molecule has 1 amide bonds. The minimum atomic E-state index is -0.519. The summed E-state index contributed by atoms with van der Waals surface area (Å²) in [7, 11) is 0. The Labute approximate surface area is 153 Å². The lowest BCUT2D eigenvalue weighted by atomic mass is 10.0. The molecule has 0 N–H and O–H groups in total. The second-order valence-corrected chi connectivity index (χ2v) is 6.38. The highest BCUT2D eigenvalue weighted by Gasteiger charge is 2.33. The molecule has 26 heavy (non-hydrogen) atoms. The molecular formula is C17H14FN5O2S. The number of carbonyl (C=O) groups is 1. The van der Waals surface area contributed by atoms with E-state index in [1.807, 2.05) is 0 Å². The number of anilines is 1. The van der Waals surface area contributed by atoms with Gasteiger partial charge >= 0.3 is 6.09 Å². The Kier molecular flexibility index (Phi) is 4.29. The van der Waals surface area contributed by atoms with Crippen LogP contribution in [0.25, 0.3) is 11.1 Å². The first-order chi connectivity index (χ1) is 12.6. The van der Waals surface area contributed by atoms with Crippen molar-refractivity contribution in [2.75, 3.05) is 11.4 Å². The van der Waals surface area contributed by atoms with Gasteiger partial charge in [0.25, 0.3) is 0 Å². The molecule has 1 aromatic heterocycles. The molecule has 7 nitrogen and oxygen atoms in total. The lowest BCUT2D eigenvalue weighted by Crippen LogP contribution is -2.26. The van der Waals surface area contributed by atoms with Crippen LogP contribution in [0.15, 0.2) is 53.7 Å². The maximum atomic E-state index is 14.6. The zero-order chi connectivity index (χ0) is 18.1. The molecule has 2 heterocycles. The van der Waals surface area contributed by atoms with Crippen LogP contribution in [0.5, 0.6) is 0 Å². The fourth-order valence-corrected chi connectivity index (χ4v) is 3.00. The van der Waals surface area contributed by atoms with Crippen molar-refractivity contribution in [3.05, 3.63) is 54.6 Å². The van der Waals surface area contributed by atoms with Crippen molar-refractivity contribution in [2.24, 2.45) is 0 Å². The Morgan fingerprint density at radius 3 is 2.73 bits per heavy atom. The molecule has 1 aliphatic rings. The van der Waals surface area contributed by atoms with Gasteiger partial charge in [-0.3, -0.25) is 4.90 Å². The van der Waals surface area contributed by atoms with E-state index in [9.17, 15) is 9.18 Å². The van der Waals surface area contributed by atoms with E-state index >= 15 is 0 Å². The first kappa shape index (κ1) is 16.5. The molecule has 0 radical (unpaired) electrons. The SMILES string of the molecule is O=C1O[C@@H](Cn2cnnn2)CN1c1ccc(-c2ccc(S)cc2)c(F)c1. The first-order valence-corrected chi connectivity index (χ1v) is 8.33. The number of hydrogen-bond acceptors (Lipinski definition) is 6. The minimum absolute atomic E-state index is 0.297. The summed E-state index contributed by atoms with van der Waals surface area (Å²) in [5, 5.41) is 10.8. The number of hydrogen-bond donors (Lipinski definition) is 1. The lowest BCUT2D eigenvalue weighted by Gasteiger charge is -2.14. The van der Waals surface area contributed by atoms with Crippen LogP contribution in [0.4, 0.5) is 14.9 Å². The molecule has 132 valence electrons. The zero-order valence-corrected chi connectivity index (χ0v) is 14.4. The van der Waals surface area contributed by atoms with Crippen molar-refractivity contribution in [1.29, 1.82) is 0 Å². The molecule has 2 aromatic carbocycles. The summed E-state index contributed by atoms with van der Waals surface area (Å²) in [5.74, 6) is -0.411. The third-order valence-corrected chi connectivity index (χ3v) is 4.40. The predicted octanol–water partition coefficient (Wildman–Crippen LogP) is 2.79. The van der Waals surface area contributed by atoms with E-state index in [0.717, 1.165) is 10.5 Å². The smallest absolute Gasteiger partial charge is 0.414 e. The Morgan fingerprint density at radius 2 is 2.04 bits per heavy atom. The number of ether oxygens (including phenoxy) is 1. The van der Waals surface area contributed by atoms with Crippen LogP contribution in [-0.4, -0.2) is 38.9 Å². The molecule has 0 aliphatic carbocycles. The van der Waals surface area contributed by atoms with Gasteiger partial charge in [-0.25, -0.2) is 13.9 Å². The van der Waals surface area contributed by atoms with E-state index < -0.39 is 18.0 Å². The molecule has 0 bridgehead atoms. The summed E-state index contributed by atoms with van der Waals surface area (Å²) < 4.78 is 21.4. The normalized spacial score (nSPS) is 16.8. The molecule has 0 unspecified atom stereocenters. The fourth-order valence-electron chi connectivity index (χ4n) is 2.85. The van der Waals surface area contributed by atoms with Gasteiger partial charge in [0.05, 0.1) is 18.8 Å². The summed E-state index contributed by atoms with van der Waals surface area (Å²) in [6.45, 7) is 0.637. The molecule has 3 aromatic rings. The maximum Gasteiger partial charge on any atom is 0.414 e. The Morgan fingerprint density at radius 1 is 1.23 bits per heavy atom. The third kappa shape index (κ3) is 3.25. The summed E-state index contributed by atoms with van der Waals surface area (Å²) in [6, 6.07) is 11.9. The molecule has 9 heteroatoms. The first-order valence-electron chi connectivity index (χ1n) is 7.88. The molecule has 1 saturated heterocycles. The number of nitrogens with zero attached hydrogens (tertiary/aromatic N) is 5. The number of tetrazole rings is 1. The third-order valence-electron chi connectivity index (χ3n) is 4.10. The van der Waals surface area contributed by atoms with Crippen LogP contribution in [0.1, 0.15) is 0 Å². The van der Waals surface area contributed by atoms with E-state index in [1.165, 1.54) is 22.0 Å². The van der Waals surface area contributed by atoms with Crippen LogP contribution in [0.2, 0.25) is 0 Å².